The van der Waals surface area contributed by atoms with E-state index in [-0.39, 0.29) is 11.9 Å². The maximum absolute atomic E-state index is 11.8. The van der Waals surface area contributed by atoms with Crippen molar-refractivity contribution in [1.29, 1.82) is 0 Å². The molecule has 19 heavy (non-hydrogen) atoms. The summed E-state index contributed by atoms with van der Waals surface area (Å²) in [6.07, 6.45) is 0.871. The first-order valence-corrected chi connectivity index (χ1v) is 6.34. The van der Waals surface area contributed by atoms with Gasteiger partial charge >= 0.3 is 5.97 Å². The summed E-state index contributed by atoms with van der Waals surface area (Å²) in [4.78, 5) is 22.9. The van der Waals surface area contributed by atoms with Gasteiger partial charge in [0.15, 0.2) is 0 Å². The Kier molecular flexibility index (Phi) is 5.85. The molecule has 0 aliphatic heterocycles. The van der Waals surface area contributed by atoms with Gasteiger partial charge in [-0.1, -0.05) is 6.07 Å². The zero-order valence-electron chi connectivity index (χ0n) is 11.4. The maximum Gasteiger partial charge on any atom is 0.305 e. The molecule has 0 atom stereocenters. The molecule has 0 aliphatic carbocycles. The molecule has 0 bridgehead atoms. The number of rotatable bonds is 6. The monoisotopic (exact) mass is 264 g/mol. The number of nitrogens with two attached hydrogens (primary N) is 1. The van der Waals surface area contributed by atoms with E-state index >= 15 is 0 Å². The number of nitrogen functional groups attached to an aromatic ring is 1. The number of amides is 1. The molecule has 1 rings (SSSR count). The van der Waals surface area contributed by atoms with Crippen LogP contribution in [0.4, 0.5) is 5.69 Å². The van der Waals surface area contributed by atoms with Crippen molar-refractivity contribution in [1.82, 2.24) is 5.32 Å². The molecule has 0 unspecified atom stereocenters. The van der Waals surface area contributed by atoms with Crippen LogP contribution < -0.4 is 11.1 Å². The van der Waals surface area contributed by atoms with Gasteiger partial charge in [0.25, 0.3) is 5.91 Å². The van der Waals surface area contributed by atoms with E-state index in [1.165, 1.54) is 0 Å². The molecular weight excluding hydrogens is 244 g/mol. The minimum absolute atomic E-state index is 0.185. The first-order valence-electron chi connectivity index (χ1n) is 6.34. The number of anilines is 1. The predicted molar refractivity (Wildman–Crippen MR) is 73.8 cm³/mol. The van der Waals surface area contributed by atoms with Crippen LogP contribution in [0.5, 0.6) is 0 Å². The van der Waals surface area contributed by atoms with Gasteiger partial charge < -0.3 is 15.8 Å². The number of ether oxygens (including phenoxy) is 1. The van der Waals surface area contributed by atoms with Gasteiger partial charge in [0.05, 0.1) is 6.61 Å². The van der Waals surface area contributed by atoms with Crippen LogP contribution in [0.25, 0.3) is 0 Å². The zero-order chi connectivity index (χ0) is 14.3. The Morgan fingerprint density at radius 2 is 2.11 bits per heavy atom. The van der Waals surface area contributed by atoms with Gasteiger partial charge in [-0.25, -0.2) is 0 Å². The van der Waals surface area contributed by atoms with Crippen LogP contribution in [-0.2, 0) is 9.53 Å². The third kappa shape index (κ3) is 4.99. The van der Waals surface area contributed by atoms with E-state index in [9.17, 15) is 9.59 Å². The van der Waals surface area contributed by atoms with Crippen molar-refractivity contribution in [2.24, 2.45) is 0 Å². The highest BCUT2D eigenvalue weighted by Gasteiger charge is 2.07. The summed E-state index contributed by atoms with van der Waals surface area (Å²) in [6.45, 7) is 4.47. The fourth-order valence-electron chi connectivity index (χ4n) is 1.55. The van der Waals surface area contributed by atoms with E-state index in [2.05, 4.69) is 5.32 Å². The molecule has 0 spiro atoms. The van der Waals surface area contributed by atoms with E-state index in [1.807, 2.05) is 13.0 Å². The minimum atomic E-state index is -0.240. The van der Waals surface area contributed by atoms with Gasteiger partial charge in [-0.3, -0.25) is 9.59 Å². The summed E-state index contributed by atoms with van der Waals surface area (Å²) in [6, 6.07) is 5.19. The van der Waals surface area contributed by atoms with Crippen LogP contribution >= 0.6 is 0 Å². The summed E-state index contributed by atoms with van der Waals surface area (Å²) in [5, 5.41) is 2.74. The van der Waals surface area contributed by atoms with E-state index in [0.29, 0.717) is 37.2 Å². The van der Waals surface area contributed by atoms with Crippen molar-refractivity contribution in [3.05, 3.63) is 29.3 Å². The SMILES string of the molecule is CCOC(=O)CCCNC(=O)c1ccc(C)c(N)c1. The molecule has 1 aromatic rings. The molecule has 0 saturated heterocycles. The summed E-state index contributed by atoms with van der Waals surface area (Å²) in [5.74, 6) is -0.424. The Bertz CT molecular complexity index is 458. The average molecular weight is 264 g/mol. The molecule has 0 heterocycles. The Morgan fingerprint density at radius 1 is 1.37 bits per heavy atom. The summed E-state index contributed by atoms with van der Waals surface area (Å²) >= 11 is 0. The highest BCUT2D eigenvalue weighted by Crippen LogP contribution is 2.12. The number of hydrogen-bond donors (Lipinski definition) is 2. The lowest BCUT2D eigenvalue weighted by atomic mass is 10.1. The Hall–Kier alpha value is -2.04. The number of aryl methyl sites for hydroxylation is 1. The van der Waals surface area contributed by atoms with E-state index < -0.39 is 0 Å². The molecule has 5 nitrogen and oxygen atoms in total. The van der Waals surface area contributed by atoms with Crippen molar-refractivity contribution in [3.63, 3.8) is 0 Å². The van der Waals surface area contributed by atoms with Gasteiger partial charge in [-0.15, -0.1) is 0 Å². The molecule has 0 aliphatic rings. The second-order valence-electron chi connectivity index (χ2n) is 4.24. The lowest BCUT2D eigenvalue weighted by Crippen LogP contribution is -2.25. The zero-order valence-corrected chi connectivity index (χ0v) is 11.4. The van der Waals surface area contributed by atoms with Crippen molar-refractivity contribution in [2.75, 3.05) is 18.9 Å². The summed E-state index contributed by atoms with van der Waals surface area (Å²) in [7, 11) is 0. The first-order chi connectivity index (χ1) is 9.04. The Labute approximate surface area is 113 Å². The molecule has 1 amide bonds. The second-order valence-corrected chi connectivity index (χ2v) is 4.24. The number of carbonyl (C=O) groups is 2. The Morgan fingerprint density at radius 3 is 2.74 bits per heavy atom. The van der Waals surface area contributed by atoms with Gasteiger partial charge in [0, 0.05) is 24.2 Å². The third-order valence-electron chi connectivity index (χ3n) is 2.69. The highest BCUT2D eigenvalue weighted by atomic mass is 16.5. The molecule has 1 aromatic carbocycles. The number of benzene rings is 1. The summed E-state index contributed by atoms with van der Waals surface area (Å²) in [5.41, 5.74) is 7.81. The van der Waals surface area contributed by atoms with E-state index in [4.69, 9.17) is 10.5 Å². The van der Waals surface area contributed by atoms with Crippen LogP contribution in [0.3, 0.4) is 0 Å². The average Bonchev–Trinajstić information content (AvgIpc) is 2.38. The van der Waals surface area contributed by atoms with Gasteiger partial charge in [-0.2, -0.15) is 0 Å². The van der Waals surface area contributed by atoms with Crippen LogP contribution in [0.2, 0.25) is 0 Å². The van der Waals surface area contributed by atoms with E-state index in [0.717, 1.165) is 5.56 Å². The minimum Gasteiger partial charge on any atom is -0.466 e. The normalized spacial score (nSPS) is 10.0. The van der Waals surface area contributed by atoms with Crippen molar-refractivity contribution in [3.8, 4) is 0 Å². The molecule has 0 saturated carbocycles. The van der Waals surface area contributed by atoms with Crippen LogP contribution in [0.15, 0.2) is 18.2 Å². The molecule has 0 aromatic heterocycles. The summed E-state index contributed by atoms with van der Waals surface area (Å²) < 4.78 is 4.79. The fourth-order valence-corrected chi connectivity index (χ4v) is 1.55. The van der Waals surface area contributed by atoms with Crippen LogP contribution in [0.1, 0.15) is 35.7 Å². The largest absolute Gasteiger partial charge is 0.466 e. The van der Waals surface area contributed by atoms with Gasteiger partial charge in [-0.05, 0) is 38.0 Å². The van der Waals surface area contributed by atoms with Crippen molar-refractivity contribution < 1.29 is 14.3 Å². The number of esters is 1. The van der Waals surface area contributed by atoms with Crippen LogP contribution in [-0.4, -0.2) is 25.0 Å². The predicted octanol–water partition coefficient (Wildman–Crippen LogP) is 1.65. The number of hydrogen-bond acceptors (Lipinski definition) is 4. The number of nitrogens with one attached hydrogen (secondary N) is 1. The molecule has 0 fully saturated rings. The lowest BCUT2D eigenvalue weighted by molar-refractivity contribution is -0.143. The third-order valence-corrected chi connectivity index (χ3v) is 2.69. The molecule has 104 valence electrons. The van der Waals surface area contributed by atoms with Crippen molar-refractivity contribution in [2.45, 2.75) is 26.7 Å². The lowest BCUT2D eigenvalue weighted by Gasteiger charge is -2.07. The second kappa shape index (κ2) is 7.41. The van der Waals surface area contributed by atoms with E-state index in [1.54, 1.807) is 19.1 Å². The molecule has 3 N–H and O–H groups in total. The fraction of sp³-hybridized carbons (Fsp3) is 0.429. The standard InChI is InChI=1S/C14H20N2O3/c1-3-19-13(17)5-4-8-16-14(18)11-7-6-10(2)12(15)9-11/h6-7,9H,3-5,8,15H2,1-2H3,(H,16,18). The maximum atomic E-state index is 11.8. The topological polar surface area (TPSA) is 81.4 Å². The van der Waals surface area contributed by atoms with Gasteiger partial charge in [0.1, 0.15) is 0 Å². The Balaban J connectivity index is 2.35. The smallest absolute Gasteiger partial charge is 0.305 e. The quantitative estimate of drug-likeness (QED) is 0.465. The first kappa shape index (κ1) is 15.0. The van der Waals surface area contributed by atoms with Crippen LogP contribution in [0, 0.1) is 6.92 Å². The molecule has 0 radical (unpaired) electrons. The highest BCUT2D eigenvalue weighted by molar-refractivity contribution is 5.95. The molecule has 5 heteroatoms. The van der Waals surface area contributed by atoms with Crippen molar-refractivity contribution >= 4 is 17.6 Å². The number of carbonyl (C=O) groups excluding carboxylic acids is 2. The molecular formula is C14H20N2O3. The van der Waals surface area contributed by atoms with Gasteiger partial charge in [0.2, 0.25) is 0 Å².